The quantitative estimate of drug-likeness (QED) is 0.793. The van der Waals surface area contributed by atoms with Crippen LogP contribution in [-0.4, -0.2) is 17.9 Å². The molecule has 0 aliphatic rings. The van der Waals surface area contributed by atoms with E-state index < -0.39 is 0 Å². The molecule has 0 saturated carbocycles. The van der Waals surface area contributed by atoms with Crippen LogP contribution in [0.3, 0.4) is 0 Å². The zero-order chi connectivity index (χ0) is 16.8. The van der Waals surface area contributed by atoms with Crippen LogP contribution in [0, 0.1) is 0 Å². The van der Waals surface area contributed by atoms with Crippen LogP contribution < -0.4 is 16.4 Å². The van der Waals surface area contributed by atoms with E-state index in [1.54, 1.807) is 36.4 Å². The molecule has 0 atom stereocenters. The molecule has 2 amide bonds. The number of hydrogen-bond acceptors (Lipinski definition) is 3. The molecule has 2 rings (SSSR count). The Morgan fingerprint density at radius 1 is 0.957 bits per heavy atom. The van der Waals surface area contributed by atoms with E-state index in [4.69, 9.17) is 5.73 Å². The third-order valence-electron chi connectivity index (χ3n) is 3.28. The van der Waals surface area contributed by atoms with Gasteiger partial charge >= 0.3 is 0 Å². The summed E-state index contributed by atoms with van der Waals surface area (Å²) in [6, 6.07) is 14.0. The summed E-state index contributed by atoms with van der Waals surface area (Å²) in [5.41, 5.74) is 7.90. The van der Waals surface area contributed by atoms with Crippen molar-refractivity contribution in [1.29, 1.82) is 0 Å². The number of rotatable bonds is 5. The summed E-state index contributed by atoms with van der Waals surface area (Å²) in [5, 5.41) is 5.60. The second-order valence-electron chi connectivity index (χ2n) is 5.53. The Labute approximate surface area is 135 Å². The number of carbonyl (C=O) groups is 2. The molecule has 0 aliphatic heterocycles. The van der Waals surface area contributed by atoms with E-state index in [2.05, 4.69) is 10.6 Å². The lowest BCUT2D eigenvalue weighted by molar-refractivity contribution is 0.0931. The van der Waals surface area contributed by atoms with Crippen LogP contribution in [0.1, 0.15) is 40.1 Å². The maximum absolute atomic E-state index is 12.5. The molecule has 4 N–H and O–H groups in total. The van der Waals surface area contributed by atoms with E-state index in [0.717, 1.165) is 5.56 Å². The first-order valence-electron chi connectivity index (χ1n) is 7.51. The minimum absolute atomic E-state index is 0.00224. The molecule has 23 heavy (non-hydrogen) atoms. The van der Waals surface area contributed by atoms with Gasteiger partial charge in [-0.05, 0) is 43.7 Å². The van der Waals surface area contributed by atoms with Gasteiger partial charge in [-0.3, -0.25) is 9.59 Å². The topological polar surface area (TPSA) is 84.2 Å². The summed E-state index contributed by atoms with van der Waals surface area (Å²) in [6.45, 7) is 4.20. The van der Waals surface area contributed by atoms with Crippen LogP contribution in [-0.2, 0) is 6.54 Å². The molecule has 5 nitrogen and oxygen atoms in total. The van der Waals surface area contributed by atoms with Crippen LogP contribution in [0.25, 0.3) is 0 Å². The van der Waals surface area contributed by atoms with Crippen molar-refractivity contribution in [3.8, 4) is 0 Å². The third-order valence-corrected chi connectivity index (χ3v) is 3.28. The van der Waals surface area contributed by atoms with Gasteiger partial charge < -0.3 is 16.4 Å². The van der Waals surface area contributed by atoms with Gasteiger partial charge in [0.05, 0.1) is 11.1 Å². The third kappa shape index (κ3) is 4.40. The predicted octanol–water partition coefficient (Wildman–Crippen LogP) is 2.54. The Kier molecular flexibility index (Phi) is 5.49. The van der Waals surface area contributed by atoms with Gasteiger partial charge in [0.1, 0.15) is 0 Å². The van der Waals surface area contributed by atoms with E-state index in [1.165, 1.54) is 0 Å². The zero-order valence-corrected chi connectivity index (χ0v) is 13.3. The number of amides is 2. The van der Waals surface area contributed by atoms with Crippen LogP contribution in [0.15, 0.2) is 48.5 Å². The Balaban J connectivity index is 2.20. The van der Waals surface area contributed by atoms with Gasteiger partial charge in [-0.1, -0.05) is 24.3 Å². The first kappa shape index (κ1) is 16.7. The van der Waals surface area contributed by atoms with Crippen molar-refractivity contribution in [3.63, 3.8) is 0 Å². The molecule has 2 aromatic rings. The molecule has 0 aromatic heterocycles. The van der Waals surface area contributed by atoms with Gasteiger partial charge in [0, 0.05) is 18.3 Å². The first-order valence-corrected chi connectivity index (χ1v) is 7.51. The van der Waals surface area contributed by atoms with Crippen molar-refractivity contribution in [1.82, 2.24) is 5.32 Å². The average molecular weight is 311 g/mol. The summed E-state index contributed by atoms with van der Waals surface area (Å²) in [4.78, 5) is 24.7. The summed E-state index contributed by atoms with van der Waals surface area (Å²) >= 11 is 0. The molecule has 0 radical (unpaired) electrons. The van der Waals surface area contributed by atoms with Gasteiger partial charge in [0.2, 0.25) is 0 Å². The summed E-state index contributed by atoms with van der Waals surface area (Å²) < 4.78 is 0. The maximum Gasteiger partial charge on any atom is 0.256 e. The highest BCUT2D eigenvalue weighted by Gasteiger charge is 2.17. The lowest BCUT2D eigenvalue weighted by Gasteiger charge is -2.12. The van der Waals surface area contributed by atoms with Crippen molar-refractivity contribution in [3.05, 3.63) is 65.2 Å². The fourth-order valence-corrected chi connectivity index (χ4v) is 2.14. The number of carbonyl (C=O) groups excluding carboxylic acids is 2. The highest BCUT2D eigenvalue weighted by molar-refractivity contribution is 6.12. The Hall–Kier alpha value is -2.66. The number of hydrogen-bond donors (Lipinski definition) is 3. The SMILES string of the molecule is CC(C)NC(=O)c1ccccc1C(=O)Nc1ccc(CN)cc1. The smallest absolute Gasteiger partial charge is 0.256 e. The van der Waals surface area contributed by atoms with Gasteiger partial charge in [-0.2, -0.15) is 0 Å². The Morgan fingerprint density at radius 3 is 2.04 bits per heavy atom. The zero-order valence-electron chi connectivity index (χ0n) is 13.3. The number of anilines is 1. The van der Waals surface area contributed by atoms with E-state index in [0.29, 0.717) is 23.4 Å². The standard InChI is InChI=1S/C18H21N3O2/c1-12(2)20-17(22)15-5-3-4-6-16(15)18(23)21-14-9-7-13(11-19)8-10-14/h3-10,12H,11,19H2,1-2H3,(H,20,22)(H,21,23). The lowest BCUT2D eigenvalue weighted by atomic mass is 10.1. The molecule has 0 fully saturated rings. The fourth-order valence-electron chi connectivity index (χ4n) is 2.14. The molecule has 5 heteroatoms. The van der Waals surface area contributed by atoms with Crippen molar-refractivity contribution in [2.75, 3.05) is 5.32 Å². The molecule has 120 valence electrons. The van der Waals surface area contributed by atoms with Crippen molar-refractivity contribution >= 4 is 17.5 Å². The summed E-state index contributed by atoms with van der Waals surface area (Å²) in [7, 11) is 0. The van der Waals surface area contributed by atoms with E-state index in [9.17, 15) is 9.59 Å². The van der Waals surface area contributed by atoms with Gasteiger partial charge in [-0.15, -0.1) is 0 Å². The van der Waals surface area contributed by atoms with E-state index in [1.807, 2.05) is 26.0 Å². The van der Waals surface area contributed by atoms with Crippen LogP contribution >= 0.6 is 0 Å². The monoisotopic (exact) mass is 311 g/mol. The van der Waals surface area contributed by atoms with Gasteiger partial charge in [0.15, 0.2) is 0 Å². The largest absolute Gasteiger partial charge is 0.350 e. The summed E-state index contributed by atoms with van der Waals surface area (Å²) in [5.74, 6) is -0.579. The second-order valence-corrected chi connectivity index (χ2v) is 5.53. The van der Waals surface area contributed by atoms with Crippen molar-refractivity contribution in [2.45, 2.75) is 26.4 Å². The average Bonchev–Trinajstić information content (AvgIpc) is 2.55. The molecule has 2 aromatic carbocycles. The second kappa shape index (κ2) is 7.56. The highest BCUT2D eigenvalue weighted by atomic mass is 16.2. The molecule has 0 unspecified atom stereocenters. The molecule has 0 saturated heterocycles. The lowest BCUT2D eigenvalue weighted by Crippen LogP contribution is -2.31. The van der Waals surface area contributed by atoms with E-state index >= 15 is 0 Å². The van der Waals surface area contributed by atoms with Gasteiger partial charge in [0.25, 0.3) is 11.8 Å². The normalized spacial score (nSPS) is 10.4. The molecular weight excluding hydrogens is 290 g/mol. The van der Waals surface area contributed by atoms with Crippen molar-refractivity contribution in [2.24, 2.45) is 5.73 Å². The molecule has 0 heterocycles. The number of nitrogens with two attached hydrogens (primary N) is 1. The Morgan fingerprint density at radius 2 is 1.52 bits per heavy atom. The predicted molar refractivity (Wildman–Crippen MR) is 91.3 cm³/mol. The molecule has 0 aliphatic carbocycles. The van der Waals surface area contributed by atoms with E-state index in [-0.39, 0.29) is 17.9 Å². The van der Waals surface area contributed by atoms with Crippen LogP contribution in [0.5, 0.6) is 0 Å². The number of benzene rings is 2. The minimum Gasteiger partial charge on any atom is -0.350 e. The van der Waals surface area contributed by atoms with Gasteiger partial charge in [-0.25, -0.2) is 0 Å². The highest BCUT2D eigenvalue weighted by Crippen LogP contribution is 2.14. The van der Waals surface area contributed by atoms with Crippen LogP contribution in [0.4, 0.5) is 5.69 Å². The van der Waals surface area contributed by atoms with Crippen molar-refractivity contribution < 1.29 is 9.59 Å². The first-order chi connectivity index (χ1) is 11.0. The Bertz CT molecular complexity index is 694. The van der Waals surface area contributed by atoms with Crippen LogP contribution in [0.2, 0.25) is 0 Å². The minimum atomic E-state index is -0.319. The molecular formula is C18H21N3O2. The molecule has 0 bridgehead atoms. The fraction of sp³-hybridized carbons (Fsp3) is 0.222. The number of nitrogens with one attached hydrogen (secondary N) is 2. The molecule has 0 spiro atoms. The summed E-state index contributed by atoms with van der Waals surface area (Å²) in [6.07, 6.45) is 0. The maximum atomic E-state index is 12.5.